The number of nitrogens with zero attached hydrogens (tertiary/aromatic N) is 4. The molecule has 1 amide bonds. The Morgan fingerprint density at radius 2 is 2.08 bits per heavy atom. The van der Waals surface area contributed by atoms with E-state index in [1.54, 1.807) is 24.6 Å². The summed E-state index contributed by atoms with van der Waals surface area (Å²) in [5.41, 5.74) is 0.926. The molecule has 1 saturated carbocycles. The lowest BCUT2D eigenvalue weighted by Gasteiger charge is -2.29. The minimum atomic E-state index is -0.414. The molecule has 0 radical (unpaired) electrons. The molecule has 1 fully saturated rings. The van der Waals surface area contributed by atoms with Gasteiger partial charge in [-0.2, -0.15) is 5.10 Å². The lowest BCUT2D eigenvalue weighted by Crippen LogP contribution is -2.36. The van der Waals surface area contributed by atoms with Crippen molar-refractivity contribution in [1.29, 1.82) is 0 Å². The van der Waals surface area contributed by atoms with E-state index in [2.05, 4.69) is 11.7 Å². The van der Waals surface area contributed by atoms with Gasteiger partial charge in [0.05, 0.1) is 11.5 Å². The van der Waals surface area contributed by atoms with Gasteiger partial charge in [-0.3, -0.25) is 19.6 Å². The molecular formula is C18H28N4O3. The first kappa shape index (κ1) is 19.1. The van der Waals surface area contributed by atoms with Crippen LogP contribution in [0.3, 0.4) is 0 Å². The van der Waals surface area contributed by atoms with E-state index in [1.807, 2.05) is 4.90 Å². The summed E-state index contributed by atoms with van der Waals surface area (Å²) in [4.78, 5) is 25.1. The van der Waals surface area contributed by atoms with E-state index in [4.69, 9.17) is 0 Å². The summed E-state index contributed by atoms with van der Waals surface area (Å²) in [7, 11) is 0. The van der Waals surface area contributed by atoms with Crippen molar-refractivity contribution in [2.75, 3.05) is 13.1 Å². The van der Waals surface area contributed by atoms with Gasteiger partial charge in [0.25, 0.3) is 0 Å². The van der Waals surface area contributed by atoms with Gasteiger partial charge in [-0.15, -0.1) is 6.58 Å². The second-order valence-corrected chi connectivity index (χ2v) is 6.84. The standard InChI is InChI=1S/C18H28N4O3/c1-4-11-20(13-16-8-6-5-7-9-16)17(23)10-12-21-15(3)18(22(24)25)14(2)19-21/h4,16H,1,5-13H2,2-3H3. The number of nitro groups is 1. The molecule has 0 unspecified atom stereocenters. The highest BCUT2D eigenvalue weighted by Crippen LogP contribution is 2.25. The molecule has 1 aliphatic carbocycles. The van der Waals surface area contributed by atoms with E-state index in [1.165, 1.54) is 32.1 Å². The van der Waals surface area contributed by atoms with Gasteiger partial charge in [0, 0.05) is 19.5 Å². The number of carbonyl (C=O) groups excluding carboxylic acids is 1. The average molecular weight is 348 g/mol. The van der Waals surface area contributed by atoms with Crippen LogP contribution in [0.2, 0.25) is 0 Å². The van der Waals surface area contributed by atoms with Crippen LogP contribution in [0.15, 0.2) is 12.7 Å². The number of aryl methyl sites for hydroxylation is 2. The van der Waals surface area contributed by atoms with Crippen molar-refractivity contribution in [2.45, 2.75) is 58.9 Å². The van der Waals surface area contributed by atoms with Crippen molar-refractivity contribution < 1.29 is 9.72 Å². The SMILES string of the molecule is C=CCN(CC1CCCCC1)C(=O)CCn1nc(C)c([N+](=O)[O-])c1C. The zero-order valence-electron chi connectivity index (χ0n) is 15.2. The molecule has 1 aromatic heterocycles. The molecular weight excluding hydrogens is 320 g/mol. The fourth-order valence-corrected chi connectivity index (χ4v) is 3.64. The van der Waals surface area contributed by atoms with Gasteiger partial charge in [-0.25, -0.2) is 0 Å². The highest BCUT2D eigenvalue weighted by molar-refractivity contribution is 5.76. The van der Waals surface area contributed by atoms with Crippen LogP contribution >= 0.6 is 0 Å². The van der Waals surface area contributed by atoms with Crippen LogP contribution < -0.4 is 0 Å². The smallest absolute Gasteiger partial charge is 0.312 e. The average Bonchev–Trinajstić information content (AvgIpc) is 2.87. The van der Waals surface area contributed by atoms with Gasteiger partial charge in [0.1, 0.15) is 11.4 Å². The van der Waals surface area contributed by atoms with Gasteiger partial charge in [-0.1, -0.05) is 25.3 Å². The van der Waals surface area contributed by atoms with Crippen LogP contribution in [0, 0.1) is 29.9 Å². The Morgan fingerprint density at radius 1 is 1.40 bits per heavy atom. The Morgan fingerprint density at radius 3 is 2.64 bits per heavy atom. The van der Waals surface area contributed by atoms with Gasteiger partial charge in [-0.05, 0) is 32.6 Å². The van der Waals surface area contributed by atoms with Crippen molar-refractivity contribution >= 4 is 11.6 Å². The molecule has 1 aromatic rings. The largest absolute Gasteiger partial charge is 0.339 e. The molecule has 25 heavy (non-hydrogen) atoms. The molecule has 138 valence electrons. The molecule has 7 nitrogen and oxygen atoms in total. The third kappa shape index (κ3) is 4.90. The van der Waals surface area contributed by atoms with Crippen LogP contribution in [0.25, 0.3) is 0 Å². The van der Waals surface area contributed by atoms with Crippen molar-refractivity contribution in [3.8, 4) is 0 Å². The summed E-state index contributed by atoms with van der Waals surface area (Å²) >= 11 is 0. The second-order valence-electron chi connectivity index (χ2n) is 6.84. The molecule has 0 saturated heterocycles. The fraction of sp³-hybridized carbons (Fsp3) is 0.667. The molecule has 0 atom stereocenters. The summed E-state index contributed by atoms with van der Waals surface area (Å²) < 4.78 is 1.57. The first-order chi connectivity index (χ1) is 11.9. The van der Waals surface area contributed by atoms with Crippen molar-refractivity contribution in [3.05, 3.63) is 34.2 Å². The molecule has 0 aromatic carbocycles. The second kappa shape index (κ2) is 8.78. The molecule has 0 spiro atoms. The molecule has 1 heterocycles. The van der Waals surface area contributed by atoms with E-state index in [0.717, 1.165) is 6.54 Å². The number of amides is 1. The number of aromatic nitrogens is 2. The maximum Gasteiger partial charge on any atom is 0.312 e. The molecule has 7 heteroatoms. The maximum atomic E-state index is 12.6. The number of hydrogen-bond acceptors (Lipinski definition) is 4. The normalized spacial score (nSPS) is 15.1. The highest BCUT2D eigenvalue weighted by Gasteiger charge is 2.23. The lowest BCUT2D eigenvalue weighted by molar-refractivity contribution is -0.386. The lowest BCUT2D eigenvalue weighted by atomic mass is 9.89. The van der Waals surface area contributed by atoms with Crippen molar-refractivity contribution in [3.63, 3.8) is 0 Å². The zero-order valence-corrected chi connectivity index (χ0v) is 15.2. The Bertz CT molecular complexity index is 633. The summed E-state index contributed by atoms with van der Waals surface area (Å²) in [6.45, 7) is 8.74. The molecule has 2 rings (SSSR count). The predicted octanol–water partition coefficient (Wildman–Crippen LogP) is 3.39. The predicted molar refractivity (Wildman–Crippen MR) is 96.3 cm³/mol. The fourth-order valence-electron chi connectivity index (χ4n) is 3.64. The number of carbonyl (C=O) groups is 1. The Labute approximate surface area is 148 Å². The van der Waals surface area contributed by atoms with Crippen LogP contribution in [-0.2, 0) is 11.3 Å². The van der Waals surface area contributed by atoms with E-state index < -0.39 is 4.92 Å². The number of hydrogen-bond donors (Lipinski definition) is 0. The molecule has 0 bridgehead atoms. The minimum absolute atomic E-state index is 0.0394. The summed E-state index contributed by atoms with van der Waals surface area (Å²) in [6, 6.07) is 0. The summed E-state index contributed by atoms with van der Waals surface area (Å²) in [5, 5.41) is 15.3. The molecule has 1 aliphatic rings. The van der Waals surface area contributed by atoms with Gasteiger partial charge < -0.3 is 4.90 Å². The quantitative estimate of drug-likeness (QED) is 0.410. The van der Waals surface area contributed by atoms with Crippen molar-refractivity contribution in [1.82, 2.24) is 14.7 Å². The van der Waals surface area contributed by atoms with Crippen molar-refractivity contribution in [2.24, 2.45) is 5.92 Å². The van der Waals surface area contributed by atoms with Crippen LogP contribution in [0.1, 0.15) is 49.9 Å². The maximum absolute atomic E-state index is 12.6. The van der Waals surface area contributed by atoms with E-state index >= 15 is 0 Å². The zero-order chi connectivity index (χ0) is 18.4. The Kier molecular flexibility index (Phi) is 6.73. The van der Waals surface area contributed by atoms with Gasteiger partial charge in [0.15, 0.2) is 0 Å². The Hall–Kier alpha value is -2.18. The summed E-state index contributed by atoms with van der Waals surface area (Å²) in [5.74, 6) is 0.633. The van der Waals surface area contributed by atoms with E-state index in [-0.39, 0.29) is 11.6 Å². The van der Waals surface area contributed by atoms with Gasteiger partial charge in [0.2, 0.25) is 5.91 Å². The van der Waals surface area contributed by atoms with Crippen LogP contribution in [0.5, 0.6) is 0 Å². The number of rotatable bonds is 8. The first-order valence-electron chi connectivity index (χ1n) is 9.01. The van der Waals surface area contributed by atoms with E-state index in [0.29, 0.717) is 36.8 Å². The Balaban J connectivity index is 1.97. The highest BCUT2D eigenvalue weighted by atomic mass is 16.6. The third-order valence-electron chi connectivity index (χ3n) is 4.97. The van der Waals surface area contributed by atoms with E-state index in [9.17, 15) is 14.9 Å². The monoisotopic (exact) mass is 348 g/mol. The summed E-state index contributed by atoms with van der Waals surface area (Å²) in [6.07, 6.45) is 8.21. The molecule has 0 aliphatic heterocycles. The van der Waals surface area contributed by atoms with Crippen LogP contribution in [-0.4, -0.2) is 38.6 Å². The minimum Gasteiger partial charge on any atom is -0.339 e. The van der Waals surface area contributed by atoms with Crippen LogP contribution in [0.4, 0.5) is 5.69 Å². The topological polar surface area (TPSA) is 81.3 Å². The molecule has 0 N–H and O–H groups in total. The first-order valence-corrected chi connectivity index (χ1v) is 9.01. The third-order valence-corrected chi connectivity index (χ3v) is 4.97. The van der Waals surface area contributed by atoms with Gasteiger partial charge >= 0.3 is 5.69 Å².